The van der Waals surface area contributed by atoms with Crippen LogP contribution in [0.4, 0.5) is 0 Å². The van der Waals surface area contributed by atoms with Gasteiger partial charge in [-0.3, -0.25) is 9.59 Å². The molecule has 7 nitrogen and oxygen atoms in total. The van der Waals surface area contributed by atoms with Gasteiger partial charge in [0.25, 0.3) is 0 Å². The minimum Gasteiger partial charge on any atom is -0.339 e. The van der Waals surface area contributed by atoms with Gasteiger partial charge < -0.3 is 9.80 Å². The molecule has 8 heteroatoms. The first kappa shape index (κ1) is 20.9. The van der Waals surface area contributed by atoms with Gasteiger partial charge in [-0.25, -0.2) is 13.6 Å². The number of nitrogens with two attached hydrogens (primary N) is 1. The fourth-order valence-corrected chi connectivity index (χ4v) is 3.33. The van der Waals surface area contributed by atoms with Crippen LogP contribution < -0.4 is 5.14 Å². The van der Waals surface area contributed by atoms with Crippen LogP contribution in [0.2, 0.25) is 0 Å². The molecule has 1 fully saturated rings. The van der Waals surface area contributed by atoms with Crippen LogP contribution in [0.1, 0.15) is 52.9 Å². The topological polar surface area (TPSA) is 101 Å². The van der Waals surface area contributed by atoms with E-state index in [0.29, 0.717) is 39.0 Å². The van der Waals surface area contributed by atoms with Crippen molar-refractivity contribution in [2.75, 3.05) is 31.9 Å². The van der Waals surface area contributed by atoms with Gasteiger partial charge in [0.1, 0.15) is 0 Å². The summed E-state index contributed by atoms with van der Waals surface area (Å²) in [4.78, 5) is 28.0. The maximum absolute atomic E-state index is 12.2. The van der Waals surface area contributed by atoms with E-state index in [1.165, 1.54) is 0 Å². The number of piperazine rings is 1. The van der Waals surface area contributed by atoms with E-state index in [9.17, 15) is 18.0 Å². The third kappa shape index (κ3) is 7.61. The van der Waals surface area contributed by atoms with Crippen molar-refractivity contribution in [3.63, 3.8) is 0 Å². The third-order valence-electron chi connectivity index (χ3n) is 4.13. The molecule has 0 atom stereocenters. The number of primary sulfonamides is 1. The summed E-state index contributed by atoms with van der Waals surface area (Å²) in [7, 11) is -3.38. The summed E-state index contributed by atoms with van der Waals surface area (Å²) in [6.45, 7) is 8.08. The van der Waals surface area contributed by atoms with Crippen LogP contribution in [0.3, 0.4) is 0 Å². The van der Waals surface area contributed by atoms with Gasteiger partial charge in [-0.15, -0.1) is 0 Å². The Hall–Kier alpha value is -1.15. The molecule has 0 aromatic heterocycles. The maximum Gasteiger partial charge on any atom is 0.228 e. The third-order valence-corrected chi connectivity index (χ3v) is 4.99. The van der Waals surface area contributed by atoms with Crippen molar-refractivity contribution in [3.05, 3.63) is 0 Å². The average Bonchev–Trinajstić information content (AvgIpc) is 2.48. The van der Waals surface area contributed by atoms with Gasteiger partial charge in [0.05, 0.1) is 5.75 Å². The molecule has 1 heterocycles. The lowest BCUT2D eigenvalue weighted by Gasteiger charge is -2.37. The molecule has 0 unspecified atom stereocenters. The Balaban J connectivity index is 2.21. The van der Waals surface area contributed by atoms with E-state index in [2.05, 4.69) is 0 Å². The first-order valence-electron chi connectivity index (χ1n) is 8.58. The fraction of sp³-hybridized carbons (Fsp3) is 0.875. The summed E-state index contributed by atoms with van der Waals surface area (Å²) >= 11 is 0. The highest BCUT2D eigenvalue weighted by atomic mass is 32.2. The number of sulfonamides is 1. The van der Waals surface area contributed by atoms with E-state index in [1.54, 1.807) is 0 Å². The lowest BCUT2D eigenvalue weighted by atomic mass is 9.94. The molecule has 0 aliphatic carbocycles. The monoisotopic (exact) mass is 361 g/mol. The zero-order chi connectivity index (χ0) is 18.4. The van der Waals surface area contributed by atoms with E-state index in [-0.39, 0.29) is 23.0 Å². The number of nitrogens with zero attached hydrogens (tertiary/aromatic N) is 2. The number of carbonyl (C=O) groups is 2. The zero-order valence-electron chi connectivity index (χ0n) is 15.1. The van der Waals surface area contributed by atoms with Crippen molar-refractivity contribution in [2.45, 2.75) is 52.9 Å². The van der Waals surface area contributed by atoms with Crippen LogP contribution in [-0.4, -0.2) is 62.0 Å². The van der Waals surface area contributed by atoms with Gasteiger partial charge in [0, 0.05) is 38.0 Å². The minimum absolute atomic E-state index is 0.00467. The van der Waals surface area contributed by atoms with Gasteiger partial charge in [-0.1, -0.05) is 33.6 Å². The molecule has 0 bridgehead atoms. The Morgan fingerprint density at radius 2 is 1.42 bits per heavy atom. The SMILES string of the molecule is CC(C)(C)C(=O)N1CCN(C(=O)CCCCCCS(N)(=O)=O)CC1. The second-order valence-corrected chi connectivity index (χ2v) is 9.19. The van der Waals surface area contributed by atoms with Crippen LogP contribution in [0.5, 0.6) is 0 Å². The molecule has 0 saturated carbocycles. The van der Waals surface area contributed by atoms with Crippen molar-refractivity contribution in [1.82, 2.24) is 9.80 Å². The Bertz CT molecular complexity index is 532. The molecule has 140 valence electrons. The number of hydrogen-bond donors (Lipinski definition) is 1. The van der Waals surface area contributed by atoms with Crippen molar-refractivity contribution >= 4 is 21.8 Å². The normalized spacial score (nSPS) is 16.3. The second-order valence-electron chi connectivity index (χ2n) is 7.45. The Labute approximate surface area is 145 Å². The Morgan fingerprint density at radius 1 is 0.917 bits per heavy atom. The van der Waals surface area contributed by atoms with Crippen LogP contribution in [0.25, 0.3) is 0 Å². The maximum atomic E-state index is 12.2. The molecule has 0 spiro atoms. The summed E-state index contributed by atoms with van der Waals surface area (Å²) in [6, 6.07) is 0. The molecule has 1 aliphatic heterocycles. The molecule has 2 amide bonds. The molecule has 0 aromatic rings. The van der Waals surface area contributed by atoms with Crippen LogP contribution in [0, 0.1) is 5.41 Å². The van der Waals surface area contributed by atoms with Gasteiger partial charge in [-0.05, 0) is 12.8 Å². The Morgan fingerprint density at radius 3 is 1.92 bits per heavy atom. The first-order valence-corrected chi connectivity index (χ1v) is 10.3. The second kappa shape index (κ2) is 8.80. The molecular formula is C16H31N3O4S. The number of hydrogen-bond acceptors (Lipinski definition) is 4. The van der Waals surface area contributed by atoms with Gasteiger partial charge in [0.15, 0.2) is 0 Å². The highest BCUT2D eigenvalue weighted by Gasteiger charge is 2.30. The van der Waals surface area contributed by atoms with Crippen LogP contribution >= 0.6 is 0 Å². The van der Waals surface area contributed by atoms with Gasteiger partial charge >= 0.3 is 0 Å². The van der Waals surface area contributed by atoms with Crippen LogP contribution in [-0.2, 0) is 19.6 Å². The standard InChI is InChI=1S/C16H31N3O4S/c1-16(2,3)15(21)19-11-9-18(10-12-19)14(20)8-6-4-5-7-13-24(17,22)23/h4-13H2,1-3H3,(H2,17,22,23). The quantitative estimate of drug-likeness (QED) is 0.682. The van der Waals surface area contributed by atoms with Crippen molar-refractivity contribution < 1.29 is 18.0 Å². The van der Waals surface area contributed by atoms with Crippen molar-refractivity contribution in [2.24, 2.45) is 10.6 Å². The highest BCUT2D eigenvalue weighted by molar-refractivity contribution is 7.89. The van der Waals surface area contributed by atoms with Crippen molar-refractivity contribution in [1.29, 1.82) is 0 Å². The molecule has 0 radical (unpaired) electrons. The highest BCUT2D eigenvalue weighted by Crippen LogP contribution is 2.19. The minimum atomic E-state index is -3.38. The number of amides is 2. The molecule has 2 N–H and O–H groups in total. The molecule has 1 rings (SSSR count). The van der Waals surface area contributed by atoms with E-state index in [1.807, 2.05) is 30.6 Å². The summed E-state index contributed by atoms with van der Waals surface area (Å²) in [5.74, 6) is 0.249. The molecule has 1 saturated heterocycles. The van der Waals surface area contributed by atoms with E-state index in [0.717, 1.165) is 19.3 Å². The first-order chi connectivity index (χ1) is 11.0. The largest absolute Gasteiger partial charge is 0.339 e. The predicted octanol–water partition coefficient (Wildman–Crippen LogP) is 0.942. The summed E-state index contributed by atoms with van der Waals surface area (Å²) in [5, 5.41) is 4.94. The molecule has 1 aliphatic rings. The smallest absolute Gasteiger partial charge is 0.228 e. The number of unbranched alkanes of at least 4 members (excludes halogenated alkanes) is 3. The summed E-state index contributed by atoms with van der Waals surface area (Å²) < 4.78 is 21.6. The Kier molecular flexibility index (Phi) is 7.66. The van der Waals surface area contributed by atoms with E-state index in [4.69, 9.17) is 5.14 Å². The summed E-state index contributed by atoms with van der Waals surface area (Å²) in [5.41, 5.74) is -0.386. The molecular weight excluding hydrogens is 330 g/mol. The van der Waals surface area contributed by atoms with Crippen LogP contribution in [0.15, 0.2) is 0 Å². The lowest BCUT2D eigenvalue weighted by Crippen LogP contribution is -2.53. The van der Waals surface area contributed by atoms with Crippen molar-refractivity contribution in [3.8, 4) is 0 Å². The summed E-state index contributed by atoms with van der Waals surface area (Å²) in [6.07, 6.45) is 3.36. The number of rotatable bonds is 7. The average molecular weight is 362 g/mol. The number of carbonyl (C=O) groups excluding carboxylic acids is 2. The van der Waals surface area contributed by atoms with E-state index >= 15 is 0 Å². The fourth-order valence-electron chi connectivity index (χ4n) is 2.72. The van der Waals surface area contributed by atoms with E-state index < -0.39 is 10.0 Å². The predicted molar refractivity (Wildman–Crippen MR) is 93.7 cm³/mol. The van der Waals surface area contributed by atoms with Gasteiger partial charge in [-0.2, -0.15) is 0 Å². The van der Waals surface area contributed by atoms with Gasteiger partial charge in [0.2, 0.25) is 21.8 Å². The molecule has 24 heavy (non-hydrogen) atoms. The molecule has 0 aromatic carbocycles. The lowest BCUT2D eigenvalue weighted by molar-refractivity contribution is -0.145. The zero-order valence-corrected chi connectivity index (χ0v) is 15.9.